The number of aryl methyl sites for hydroxylation is 1. The van der Waals surface area contributed by atoms with Gasteiger partial charge in [0.15, 0.2) is 17.1 Å². The number of β-amino-alcohol motifs (C(OH)–C–C–N with tert-alkyl or cyclic N) is 1. The summed E-state index contributed by atoms with van der Waals surface area (Å²) in [5.41, 5.74) is 2.31. The van der Waals surface area contributed by atoms with E-state index in [0.717, 1.165) is 21.7 Å². The molecule has 5 heterocycles. The first-order chi connectivity index (χ1) is 44.8. The van der Waals surface area contributed by atoms with Gasteiger partial charge < -0.3 is 73.2 Å². The smallest absolute Gasteiger partial charge is 0.254 e. The lowest BCUT2D eigenvalue weighted by Crippen LogP contribution is -2.60. The molecule has 3 amide bonds. The third-order valence-electron chi connectivity index (χ3n) is 16.4. The summed E-state index contributed by atoms with van der Waals surface area (Å²) in [6.45, 7) is 14.8. The number of hydrogen-bond donors (Lipinski definition) is 5. The summed E-state index contributed by atoms with van der Waals surface area (Å²) in [6.07, 6.45) is -0.991. The number of carbonyl (C=O) groups excluding carboxylic acids is 4. The van der Waals surface area contributed by atoms with Gasteiger partial charge in [-0.2, -0.15) is 4.98 Å². The number of aromatic nitrogens is 4. The van der Waals surface area contributed by atoms with Crippen LogP contribution in [0.15, 0.2) is 76.8 Å². The van der Waals surface area contributed by atoms with E-state index in [1.54, 1.807) is 47.7 Å². The molecule has 27 heteroatoms. The number of ether oxygens (including phenoxy) is 7. The fourth-order valence-electron chi connectivity index (χ4n) is 11.2. The van der Waals surface area contributed by atoms with E-state index in [2.05, 4.69) is 31.1 Å². The minimum Gasteiger partial charge on any atom is -0.508 e. The number of phenolic OH excluding ortho intramolecular Hbond substituents is 1. The number of Topliss-reactive ketones (excluding diaryl/α,β-unsaturated/α-hetero) is 1. The monoisotopic (exact) mass is 1320 g/mol. The molecule has 7 aromatic rings. The van der Waals surface area contributed by atoms with Gasteiger partial charge in [0.05, 0.1) is 106 Å². The number of aliphatic hydroxyl groups is 1. The van der Waals surface area contributed by atoms with E-state index in [-0.39, 0.29) is 91.1 Å². The van der Waals surface area contributed by atoms with Crippen LogP contribution in [0.3, 0.4) is 0 Å². The van der Waals surface area contributed by atoms with Crippen LogP contribution in [0.5, 0.6) is 17.4 Å². The number of rotatable bonds is 34. The maximum Gasteiger partial charge on any atom is 0.254 e. The Morgan fingerprint density at radius 2 is 1.58 bits per heavy atom. The highest BCUT2D eigenvalue weighted by molar-refractivity contribution is 7.13. The second kappa shape index (κ2) is 32.5. The molecule has 4 aromatic carbocycles. The molecule has 5 N–H and O–H groups in total. The van der Waals surface area contributed by atoms with E-state index < -0.39 is 40.6 Å². The molecule has 2 aliphatic rings. The van der Waals surface area contributed by atoms with Gasteiger partial charge in [-0.05, 0) is 65.2 Å². The van der Waals surface area contributed by atoms with E-state index >= 15 is 4.39 Å². The molecule has 2 saturated heterocycles. The minimum atomic E-state index is -1.67. The third-order valence-corrected chi connectivity index (χ3v) is 17.7. The molecule has 3 aromatic heterocycles. The number of methoxy groups -OCH3 is 1. The van der Waals surface area contributed by atoms with Gasteiger partial charge in [0.2, 0.25) is 23.7 Å². The summed E-state index contributed by atoms with van der Waals surface area (Å²) in [5.74, 6) is -0.119. The molecule has 93 heavy (non-hydrogen) atoms. The number of likely N-dealkylation sites (N-methyl/N-ethyl adjacent to an activating group) is 1. The number of fused-ring (bicyclic) bond motifs is 2. The molecule has 0 spiro atoms. The number of aliphatic hydroxyl groups excluding tert-OH is 1. The highest BCUT2D eigenvalue weighted by Gasteiger charge is 2.52. The molecule has 1 unspecified atom stereocenters. The first-order valence-corrected chi connectivity index (χ1v) is 32.3. The fraction of sp³-hybridized carbons (Fsp3) is 0.485. The molecule has 0 bridgehead atoms. The van der Waals surface area contributed by atoms with E-state index in [4.69, 9.17) is 54.3 Å². The number of piperazine rings is 1. The quantitative estimate of drug-likeness (QED) is 0.0191. The van der Waals surface area contributed by atoms with Gasteiger partial charge in [0.25, 0.3) is 5.88 Å². The lowest BCUT2D eigenvalue weighted by atomic mass is 9.77. The number of aromatic hydroxyl groups is 1. The number of phenols is 1. The zero-order valence-electron chi connectivity index (χ0n) is 53.5. The van der Waals surface area contributed by atoms with Crippen molar-refractivity contribution in [3.05, 3.63) is 100 Å². The number of amides is 3. The number of benzene rings is 4. The fourth-order valence-corrected chi connectivity index (χ4v) is 12.3. The molecule has 0 aliphatic carbocycles. The van der Waals surface area contributed by atoms with Crippen LogP contribution in [-0.4, -0.2) is 208 Å². The van der Waals surface area contributed by atoms with Crippen molar-refractivity contribution in [2.24, 2.45) is 0 Å². The first-order valence-electron chi connectivity index (χ1n) is 31.0. The topological polar surface area (TPSA) is 284 Å². The Morgan fingerprint density at radius 3 is 2.23 bits per heavy atom. The van der Waals surface area contributed by atoms with Crippen molar-refractivity contribution >= 4 is 79.9 Å². The lowest BCUT2D eigenvalue weighted by Gasteiger charge is -2.35. The maximum atomic E-state index is 17.0. The van der Waals surface area contributed by atoms with Crippen LogP contribution in [0.4, 0.5) is 16.2 Å². The minimum absolute atomic E-state index is 0.0136. The molecule has 24 nitrogen and oxygen atoms in total. The average molecular weight is 1330 g/mol. The van der Waals surface area contributed by atoms with Crippen molar-refractivity contribution in [3.8, 4) is 38.9 Å². The van der Waals surface area contributed by atoms with Gasteiger partial charge in [-0.1, -0.05) is 61.8 Å². The Labute approximate surface area is 548 Å². The number of nitrogens with zero attached hydrogens (tertiary/aromatic N) is 7. The Morgan fingerprint density at radius 1 is 0.903 bits per heavy atom. The van der Waals surface area contributed by atoms with Crippen LogP contribution >= 0.6 is 22.9 Å². The van der Waals surface area contributed by atoms with E-state index in [1.165, 1.54) is 24.3 Å². The predicted molar refractivity (Wildman–Crippen MR) is 350 cm³/mol. The molecule has 2 aliphatic heterocycles. The standard InChI is InChI=1S/C66H82ClFN10O14S/c1-41(48-13-12-45(33-53(48)85-7)61-42(2)70-40-93-61)72-63(84)66(37-47(81)39-71-66)54(82)38-65(4,5)55-36-56(75-92-55)91-31-30-90-29-28-89-27-26-88-25-24-87-23-22-86-21-20-76(6)57(83)14-15-69-64-73-60-51(62(74-64)78-18-16-77(17-19-78)43(3)79)35-52(67)58(59(60)68)50-34-46(80)32-44-10-8-9-11-49(44)50/h8-13,32-36,40-41,47,71,80-81H,14-31,37-39H2,1-7H3,(H,72,84)(H,69,73,74)/t41-,47?,66-/m0/s1. The SMILES string of the molecule is COc1cc(-c2scnc2C)ccc1[C@H](C)NC(=O)[C@@]1(C(=O)CC(C)(C)c2cc(OCCOCCOCCOCCOCCOCCN(C)C(=O)CCNc3nc(N4CCN(C(C)=O)CC4)c4cc(Cl)c(-c5cc(O)cc6ccccc56)c(F)c4n3)no2)CC(O)CN1. The average Bonchev–Trinajstić information content (AvgIpc) is 0.960. The number of halogens is 2. The molecule has 0 saturated carbocycles. The summed E-state index contributed by atoms with van der Waals surface area (Å²) in [5, 5.41) is 36.3. The number of nitrogens with one attached hydrogen (secondary N) is 3. The first kappa shape index (κ1) is 69.7. The summed E-state index contributed by atoms with van der Waals surface area (Å²) in [4.78, 5) is 73.6. The van der Waals surface area contributed by atoms with Crippen LogP contribution < -0.4 is 30.3 Å². The molecule has 9 rings (SSSR count). The maximum absolute atomic E-state index is 17.0. The Bertz CT molecular complexity index is 3720. The molecule has 0 radical (unpaired) electrons. The van der Waals surface area contributed by atoms with Crippen LogP contribution in [0.2, 0.25) is 5.02 Å². The zero-order chi connectivity index (χ0) is 66.2. The van der Waals surface area contributed by atoms with Crippen LogP contribution in [0, 0.1) is 12.7 Å². The normalized spacial score (nSPS) is 16.3. The molecule has 2 fully saturated rings. The van der Waals surface area contributed by atoms with Crippen molar-refractivity contribution in [2.45, 2.75) is 77.0 Å². The second-order valence-electron chi connectivity index (χ2n) is 23.5. The Kier molecular flexibility index (Phi) is 24.3. The van der Waals surface area contributed by atoms with Crippen molar-refractivity contribution in [2.75, 3.05) is 143 Å². The Balaban J connectivity index is 0.610. The van der Waals surface area contributed by atoms with Gasteiger partial charge in [0, 0.05) is 107 Å². The number of carbonyl (C=O) groups is 4. The van der Waals surface area contributed by atoms with Crippen molar-refractivity contribution in [1.82, 2.24) is 40.5 Å². The lowest BCUT2D eigenvalue weighted by molar-refractivity contribution is -0.138. The van der Waals surface area contributed by atoms with E-state index in [0.29, 0.717) is 131 Å². The zero-order valence-corrected chi connectivity index (χ0v) is 55.1. The summed E-state index contributed by atoms with van der Waals surface area (Å²) >= 11 is 8.41. The van der Waals surface area contributed by atoms with Crippen LogP contribution in [0.25, 0.3) is 43.2 Å². The Hall–Kier alpha value is -7.66. The number of thiazole rings is 1. The van der Waals surface area contributed by atoms with Crippen LogP contribution in [-0.2, 0) is 48.3 Å². The van der Waals surface area contributed by atoms with Crippen molar-refractivity contribution in [3.63, 3.8) is 0 Å². The predicted octanol–water partition coefficient (Wildman–Crippen LogP) is 7.67. The van der Waals surface area contributed by atoms with Gasteiger partial charge >= 0.3 is 0 Å². The molecule has 500 valence electrons. The summed E-state index contributed by atoms with van der Waals surface area (Å²) < 4.78 is 62.3. The highest BCUT2D eigenvalue weighted by atomic mass is 35.5. The third kappa shape index (κ3) is 17.6. The van der Waals surface area contributed by atoms with E-state index in [1.807, 2.05) is 75.1 Å². The van der Waals surface area contributed by atoms with E-state index in [9.17, 15) is 29.4 Å². The highest BCUT2D eigenvalue weighted by Crippen LogP contribution is 2.43. The summed E-state index contributed by atoms with van der Waals surface area (Å²) in [7, 11) is 3.26. The van der Waals surface area contributed by atoms with Crippen LogP contribution in [0.1, 0.15) is 70.0 Å². The second-order valence-corrected chi connectivity index (χ2v) is 24.8. The molecule has 3 atom stereocenters. The molecular formula is C66H82ClFN10O14S. The number of hydrogen-bond acceptors (Lipinski definition) is 22. The number of ketones is 1. The van der Waals surface area contributed by atoms with Gasteiger partial charge in [-0.15, -0.1) is 11.3 Å². The van der Waals surface area contributed by atoms with Gasteiger partial charge in [-0.3, -0.25) is 24.5 Å². The van der Waals surface area contributed by atoms with Gasteiger partial charge in [-0.25, -0.2) is 14.4 Å². The summed E-state index contributed by atoms with van der Waals surface area (Å²) in [6, 6.07) is 18.9. The number of anilines is 2. The van der Waals surface area contributed by atoms with Crippen molar-refractivity contribution < 1.29 is 71.5 Å². The van der Waals surface area contributed by atoms with Gasteiger partial charge in [0.1, 0.15) is 35.2 Å². The largest absolute Gasteiger partial charge is 0.508 e. The van der Waals surface area contributed by atoms with Crippen molar-refractivity contribution in [1.29, 1.82) is 0 Å². The molecular weight excluding hydrogens is 1240 g/mol.